The van der Waals surface area contributed by atoms with Crippen molar-refractivity contribution in [3.63, 3.8) is 0 Å². The molecule has 1 aromatic rings. The normalized spacial score (nSPS) is 14.5. The summed E-state index contributed by atoms with van der Waals surface area (Å²) in [5.41, 5.74) is 5.04. The molecule has 0 saturated heterocycles. The number of nitrogens with two attached hydrogens (primary N) is 1. The summed E-state index contributed by atoms with van der Waals surface area (Å²) in [5, 5.41) is 3.79. The number of ether oxygens (including phenoxy) is 1. The maximum atomic E-state index is 5.57. The van der Waals surface area contributed by atoms with Gasteiger partial charge in [-0.2, -0.15) is 4.98 Å². The molecule has 2 N–H and O–H groups in total. The first-order valence-corrected chi connectivity index (χ1v) is 4.12. The third-order valence-electron chi connectivity index (χ3n) is 1.88. The van der Waals surface area contributed by atoms with Gasteiger partial charge in [-0.3, -0.25) is 0 Å². The van der Waals surface area contributed by atoms with Crippen LogP contribution in [0.5, 0.6) is 0 Å². The second-order valence-corrected chi connectivity index (χ2v) is 3.46. The van der Waals surface area contributed by atoms with Crippen LogP contribution in [-0.4, -0.2) is 17.3 Å². The first-order chi connectivity index (χ1) is 5.97. The minimum Gasteiger partial charge on any atom is -0.371 e. The van der Waals surface area contributed by atoms with Crippen LogP contribution < -0.4 is 5.73 Å². The van der Waals surface area contributed by atoms with Crippen LogP contribution in [0.25, 0.3) is 0 Å². The minimum absolute atomic E-state index is 0.242. The largest absolute Gasteiger partial charge is 0.371 e. The molecule has 0 aliphatic carbocycles. The van der Waals surface area contributed by atoms with Crippen molar-refractivity contribution in [3.05, 3.63) is 11.7 Å². The zero-order valence-corrected chi connectivity index (χ0v) is 8.37. The lowest BCUT2D eigenvalue weighted by Crippen LogP contribution is -2.21. The van der Waals surface area contributed by atoms with Crippen molar-refractivity contribution in [2.24, 2.45) is 5.73 Å². The van der Waals surface area contributed by atoms with E-state index in [9.17, 15) is 0 Å². The van der Waals surface area contributed by atoms with Gasteiger partial charge >= 0.3 is 0 Å². The quantitative estimate of drug-likeness (QED) is 0.759. The fourth-order valence-corrected chi connectivity index (χ4v) is 0.756. The summed E-state index contributed by atoms with van der Waals surface area (Å²) in [7, 11) is 1.60. The molecular formula is C8H15N3O2. The molecule has 0 saturated carbocycles. The molecule has 0 aliphatic heterocycles. The molecule has 0 bridgehead atoms. The van der Waals surface area contributed by atoms with E-state index in [0.29, 0.717) is 11.7 Å². The summed E-state index contributed by atoms with van der Waals surface area (Å²) in [6, 6.07) is -0.242. The van der Waals surface area contributed by atoms with E-state index < -0.39 is 5.60 Å². The number of hydrogen-bond acceptors (Lipinski definition) is 5. The summed E-state index contributed by atoms with van der Waals surface area (Å²) < 4.78 is 10.1. The van der Waals surface area contributed by atoms with Gasteiger partial charge in [0.25, 0.3) is 0 Å². The van der Waals surface area contributed by atoms with Gasteiger partial charge in [-0.15, -0.1) is 0 Å². The standard InChI is InChI=1S/C8H15N3O2/c1-5(9)6-10-7(11-13-6)8(2,3)12-4/h5H,9H2,1-4H3. The lowest BCUT2D eigenvalue weighted by molar-refractivity contribution is 0.00973. The lowest BCUT2D eigenvalue weighted by Gasteiger charge is -2.17. The van der Waals surface area contributed by atoms with Gasteiger partial charge in [-0.1, -0.05) is 5.16 Å². The molecule has 74 valence electrons. The maximum absolute atomic E-state index is 5.57. The SMILES string of the molecule is COC(C)(C)c1noc(C(C)N)n1. The third kappa shape index (κ3) is 2.05. The Morgan fingerprint density at radius 3 is 2.54 bits per heavy atom. The van der Waals surface area contributed by atoms with Gasteiger partial charge < -0.3 is 15.0 Å². The molecule has 13 heavy (non-hydrogen) atoms. The molecule has 5 heteroatoms. The molecule has 0 spiro atoms. The molecule has 1 atom stereocenters. The average molecular weight is 185 g/mol. The number of hydrogen-bond donors (Lipinski definition) is 1. The number of methoxy groups -OCH3 is 1. The summed E-state index contributed by atoms with van der Waals surface area (Å²) in [5.74, 6) is 0.947. The molecular weight excluding hydrogens is 170 g/mol. The van der Waals surface area contributed by atoms with Crippen LogP contribution in [0.3, 0.4) is 0 Å². The number of nitrogens with zero attached hydrogens (tertiary/aromatic N) is 2. The highest BCUT2D eigenvalue weighted by atomic mass is 16.5. The van der Waals surface area contributed by atoms with Crippen LogP contribution in [-0.2, 0) is 10.3 Å². The van der Waals surface area contributed by atoms with E-state index in [0.717, 1.165) is 0 Å². The molecule has 0 radical (unpaired) electrons. The second-order valence-electron chi connectivity index (χ2n) is 3.46. The average Bonchev–Trinajstić information content (AvgIpc) is 2.52. The lowest BCUT2D eigenvalue weighted by atomic mass is 10.1. The van der Waals surface area contributed by atoms with Crippen molar-refractivity contribution in [1.29, 1.82) is 0 Å². The third-order valence-corrected chi connectivity index (χ3v) is 1.88. The van der Waals surface area contributed by atoms with E-state index in [1.165, 1.54) is 0 Å². The molecule has 1 aromatic heterocycles. The van der Waals surface area contributed by atoms with Crippen LogP contribution in [0.4, 0.5) is 0 Å². The summed E-state index contributed by atoms with van der Waals surface area (Å²) in [6.45, 7) is 5.52. The van der Waals surface area contributed by atoms with Crippen LogP contribution in [0, 0.1) is 0 Å². The Morgan fingerprint density at radius 2 is 2.15 bits per heavy atom. The van der Waals surface area contributed by atoms with Gasteiger partial charge in [-0.25, -0.2) is 0 Å². The molecule has 5 nitrogen and oxygen atoms in total. The van der Waals surface area contributed by atoms with E-state index in [-0.39, 0.29) is 6.04 Å². The van der Waals surface area contributed by atoms with Gasteiger partial charge in [0.05, 0.1) is 6.04 Å². The van der Waals surface area contributed by atoms with Crippen LogP contribution in [0.1, 0.15) is 38.5 Å². The van der Waals surface area contributed by atoms with Crippen LogP contribution >= 0.6 is 0 Å². The fourth-order valence-electron chi connectivity index (χ4n) is 0.756. The summed E-state index contributed by atoms with van der Waals surface area (Å²) in [4.78, 5) is 4.12. The zero-order chi connectivity index (χ0) is 10.1. The topological polar surface area (TPSA) is 74.2 Å². The highest BCUT2D eigenvalue weighted by molar-refractivity contribution is 4.98. The molecule has 1 unspecified atom stereocenters. The Kier molecular flexibility index (Phi) is 2.68. The number of rotatable bonds is 3. The van der Waals surface area contributed by atoms with Crippen molar-refractivity contribution >= 4 is 0 Å². The highest BCUT2D eigenvalue weighted by Gasteiger charge is 2.26. The Morgan fingerprint density at radius 1 is 1.54 bits per heavy atom. The van der Waals surface area contributed by atoms with Gasteiger partial charge in [-0.05, 0) is 20.8 Å². The first kappa shape index (κ1) is 10.1. The highest BCUT2D eigenvalue weighted by Crippen LogP contribution is 2.21. The monoisotopic (exact) mass is 185 g/mol. The molecule has 1 rings (SSSR count). The van der Waals surface area contributed by atoms with Gasteiger partial charge in [0.2, 0.25) is 11.7 Å². The Hall–Kier alpha value is -0.940. The van der Waals surface area contributed by atoms with Gasteiger partial charge in [0.1, 0.15) is 5.60 Å². The van der Waals surface area contributed by atoms with Crippen molar-refractivity contribution in [1.82, 2.24) is 10.1 Å². The molecule has 0 fully saturated rings. The molecule has 0 amide bonds. The van der Waals surface area contributed by atoms with E-state index in [4.69, 9.17) is 15.0 Å². The van der Waals surface area contributed by atoms with Crippen LogP contribution in [0.15, 0.2) is 4.52 Å². The Bertz CT molecular complexity index is 281. The minimum atomic E-state index is -0.531. The first-order valence-electron chi connectivity index (χ1n) is 4.12. The maximum Gasteiger partial charge on any atom is 0.243 e. The molecule has 1 heterocycles. The Balaban J connectivity index is 2.91. The Labute approximate surface area is 77.3 Å². The second kappa shape index (κ2) is 3.43. The van der Waals surface area contributed by atoms with Crippen molar-refractivity contribution < 1.29 is 9.26 Å². The van der Waals surface area contributed by atoms with E-state index in [1.807, 2.05) is 13.8 Å². The predicted octanol–water partition coefficient (Wildman–Crippen LogP) is 0.971. The van der Waals surface area contributed by atoms with E-state index in [1.54, 1.807) is 14.0 Å². The summed E-state index contributed by atoms with van der Waals surface area (Å²) >= 11 is 0. The summed E-state index contributed by atoms with van der Waals surface area (Å²) in [6.07, 6.45) is 0. The van der Waals surface area contributed by atoms with Crippen LogP contribution in [0.2, 0.25) is 0 Å². The van der Waals surface area contributed by atoms with E-state index in [2.05, 4.69) is 10.1 Å². The molecule has 0 aromatic carbocycles. The van der Waals surface area contributed by atoms with Gasteiger partial charge in [0, 0.05) is 7.11 Å². The van der Waals surface area contributed by atoms with E-state index >= 15 is 0 Å². The smallest absolute Gasteiger partial charge is 0.243 e. The molecule has 0 aliphatic rings. The zero-order valence-electron chi connectivity index (χ0n) is 8.37. The number of aromatic nitrogens is 2. The predicted molar refractivity (Wildman–Crippen MR) is 46.9 cm³/mol. The van der Waals surface area contributed by atoms with Crippen molar-refractivity contribution in [2.75, 3.05) is 7.11 Å². The fraction of sp³-hybridized carbons (Fsp3) is 0.750. The van der Waals surface area contributed by atoms with Crippen molar-refractivity contribution in [3.8, 4) is 0 Å². The van der Waals surface area contributed by atoms with Crippen molar-refractivity contribution in [2.45, 2.75) is 32.4 Å². The van der Waals surface area contributed by atoms with Gasteiger partial charge in [0.15, 0.2) is 0 Å².